The molecule has 0 saturated heterocycles. The molecule has 7 nitrogen and oxygen atoms in total. The molecule has 0 saturated carbocycles. The Hall–Kier alpha value is -3.59. The van der Waals surface area contributed by atoms with E-state index < -0.39 is 39.9 Å². The molecule has 3 aromatic rings. The third-order valence-electron chi connectivity index (χ3n) is 5.75. The summed E-state index contributed by atoms with van der Waals surface area (Å²) < 4.78 is 52.7. The van der Waals surface area contributed by atoms with Crippen molar-refractivity contribution in [1.82, 2.24) is 5.32 Å². The number of para-hydroxylation sites is 1. The fraction of sp³-hybridized carbons (Fsp3) is 0.269. The van der Waals surface area contributed by atoms with Crippen molar-refractivity contribution >= 4 is 21.6 Å². The molecule has 184 valence electrons. The summed E-state index contributed by atoms with van der Waals surface area (Å²) in [7, 11) is -2.57. The third-order valence-corrected chi connectivity index (χ3v) is 7.53. The molecule has 1 unspecified atom stereocenters. The van der Waals surface area contributed by atoms with Crippen molar-refractivity contribution in [3.05, 3.63) is 84.2 Å². The summed E-state index contributed by atoms with van der Waals surface area (Å²) in [5, 5.41) is 2.98. The monoisotopic (exact) mass is 498 g/mol. The number of rotatable bonds is 7. The predicted molar refractivity (Wildman–Crippen MR) is 131 cm³/mol. The van der Waals surface area contributed by atoms with Crippen LogP contribution in [0.4, 0.5) is 10.1 Å². The molecule has 9 heteroatoms. The Morgan fingerprint density at radius 3 is 2.46 bits per heavy atom. The molecule has 1 heterocycles. The number of carbonyl (C=O) groups excluding carboxylic acids is 1. The van der Waals surface area contributed by atoms with Gasteiger partial charge >= 0.3 is 0 Å². The van der Waals surface area contributed by atoms with Crippen LogP contribution < -0.4 is 19.1 Å². The van der Waals surface area contributed by atoms with Crippen LogP contribution in [-0.2, 0) is 14.8 Å². The molecule has 0 spiro atoms. The van der Waals surface area contributed by atoms with Crippen LogP contribution in [0.1, 0.15) is 31.9 Å². The van der Waals surface area contributed by atoms with Gasteiger partial charge in [-0.25, -0.2) is 12.8 Å². The van der Waals surface area contributed by atoms with Crippen molar-refractivity contribution in [2.45, 2.75) is 36.8 Å². The smallest absolute Gasteiger partial charge is 0.264 e. The van der Waals surface area contributed by atoms with Crippen LogP contribution in [0.2, 0.25) is 0 Å². The molecule has 1 aliphatic heterocycles. The SMILES string of the molecule is COc1ccc2c(c1)OC(C)(C)CC2NC(=O)CN(c1ccccc1)S(=O)(=O)c1ccc(F)cc1. The predicted octanol–water partition coefficient (Wildman–Crippen LogP) is 4.45. The Kier molecular flexibility index (Phi) is 6.71. The highest BCUT2D eigenvalue weighted by Crippen LogP contribution is 2.41. The average molecular weight is 499 g/mol. The maximum Gasteiger partial charge on any atom is 0.264 e. The Morgan fingerprint density at radius 2 is 1.80 bits per heavy atom. The lowest BCUT2D eigenvalue weighted by molar-refractivity contribution is -0.120. The maximum absolute atomic E-state index is 13.4. The fourth-order valence-corrected chi connectivity index (χ4v) is 5.52. The zero-order chi connectivity index (χ0) is 25.2. The molecule has 4 rings (SSSR count). The van der Waals surface area contributed by atoms with E-state index in [1.165, 1.54) is 12.1 Å². The van der Waals surface area contributed by atoms with Crippen LogP contribution in [0.5, 0.6) is 11.5 Å². The second-order valence-corrected chi connectivity index (χ2v) is 10.8. The Labute approximate surface area is 204 Å². The fourth-order valence-electron chi connectivity index (χ4n) is 4.10. The van der Waals surface area contributed by atoms with Gasteiger partial charge in [0.05, 0.1) is 23.7 Å². The van der Waals surface area contributed by atoms with Crippen molar-refractivity contribution in [3.8, 4) is 11.5 Å². The Bertz CT molecular complexity index is 1310. The lowest BCUT2D eigenvalue weighted by Crippen LogP contribution is -2.45. The molecule has 0 fully saturated rings. The van der Waals surface area contributed by atoms with Gasteiger partial charge in [0.25, 0.3) is 10.0 Å². The van der Waals surface area contributed by atoms with E-state index in [9.17, 15) is 17.6 Å². The summed E-state index contributed by atoms with van der Waals surface area (Å²) in [6.45, 7) is 3.39. The van der Waals surface area contributed by atoms with E-state index in [0.29, 0.717) is 23.6 Å². The minimum atomic E-state index is -4.13. The lowest BCUT2D eigenvalue weighted by Gasteiger charge is -2.38. The van der Waals surface area contributed by atoms with Gasteiger partial charge in [0.1, 0.15) is 29.5 Å². The summed E-state index contributed by atoms with van der Waals surface area (Å²) >= 11 is 0. The standard InChI is InChI=1S/C26H27FN2O5S/c1-26(2)16-23(22-14-11-20(33-3)15-24(22)34-26)28-25(30)17-29(19-7-5-4-6-8-19)35(31,32)21-12-9-18(27)10-13-21/h4-15,23H,16-17H2,1-3H3,(H,28,30). The number of methoxy groups -OCH3 is 1. The molecule has 1 N–H and O–H groups in total. The van der Waals surface area contributed by atoms with Crippen molar-refractivity contribution in [2.75, 3.05) is 18.0 Å². The molecule has 1 amide bonds. The van der Waals surface area contributed by atoms with E-state index >= 15 is 0 Å². The molecule has 1 aliphatic rings. The molecule has 0 radical (unpaired) electrons. The van der Waals surface area contributed by atoms with Crippen LogP contribution >= 0.6 is 0 Å². The minimum Gasteiger partial charge on any atom is -0.497 e. The number of benzene rings is 3. The Morgan fingerprint density at radius 1 is 1.11 bits per heavy atom. The maximum atomic E-state index is 13.4. The highest BCUT2D eigenvalue weighted by molar-refractivity contribution is 7.92. The molecule has 1 atom stereocenters. The second kappa shape index (κ2) is 9.58. The van der Waals surface area contributed by atoms with Gasteiger partial charge in [-0.1, -0.05) is 18.2 Å². The highest BCUT2D eigenvalue weighted by atomic mass is 32.2. The molecule has 35 heavy (non-hydrogen) atoms. The number of hydrogen-bond donors (Lipinski definition) is 1. The van der Waals surface area contributed by atoms with E-state index in [0.717, 1.165) is 22.0 Å². The van der Waals surface area contributed by atoms with E-state index in [4.69, 9.17) is 9.47 Å². The van der Waals surface area contributed by atoms with Gasteiger partial charge in [-0.15, -0.1) is 0 Å². The number of ether oxygens (including phenoxy) is 2. The van der Waals surface area contributed by atoms with Crippen LogP contribution in [0.25, 0.3) is 0 Å². The summed E-state index contributed by atoms with van der Waals surface area (Å²) in [5.41, 5.74) is 0.548. The van der Waals surface area contributed by atoms with Gasteiger partial charge in [-0.05, 0) is 62.4 Å². The van der Waals surface area contributed by atoms with E-state index in [1.54, 1.807) is 49.6 Å². The summed E-state index contributed by atoms with van der Waals surface area (Å²) in [5.74, 6) is 0.200. The van der Waals surface area contributed by atoms with Gasteiger partial charge in [-0.2, -0.15) is 0 Å². The van der Waals surface area contributed by atoms with Crippen molar-refractivity contribution in [3.63, 3.8) is 0 Å². The van der Waals surface area contributed by atoms with Crippen LogP contribution in [0.15, 0.2) is 77.7 Å². The molecular weight excluding hydrogens is 471 g/mol. The number of fused-ring (bicyclic) bond motifs is 1. The number of hydrogen-bond acceptors (Lipinski definition) is 5. The van der Waals surface area contributed by atoms with E-state index in [-0.39, 0.29) is 4.90 Å². The number of halogens is 1. The van der Waals surface area contributed by atoms with Gasteiger partial charge in [0, 0.05) is 18.1 Å². The molecule has 0 aliphatic carbocycles. The van der Waals surface area contributed by atoms with E-state index in [1.807, 2.05) is 19.9 Å². The van der Waals surface area contributed by atoms with E-state index in [2.05, 4.69) is 5.32 Å². The van der Waals surface area contributed by atoms with Gasteiger partial charge in [-0.3, -0.25) is 9.10 Å². The van der Waals surface area contributed by atoms with Crippen molar-refractivity contribution in [2.24, 2.45) is 0 Å². The van der Waals surface area contributed by atoms with Crippen molar-refractivity contribution in [1.29, 1.82) is 0 Å². The zero-order valence-electron chi connectivity index (χ0n) is 19.7. The minimum absolute atomic E-state index is 0.111. The first kappa shape index (κ1) is 24.5. The molecule has 0 aromatic heterocycles. The number of nitrogens with zero attached hydrogens (tertiary/aromatic N) is 1. The van der Waals surface area contributed by atoms with Crippen LogP contribution in [-0.4, -0.2) is 33.6 Å². The van der Waals surface area contributed by atoms with Crippen LogP contribution in [0, 0.1) is 5.82 Å². The van der Waals surface area contributed by atoms with Gasteiger partial charge < -0.3 is 14.8 Å². The number of nitrogens with one attached hydrogen (secondary N) is 1. The first-order chi connectivity index (χ1) is 16.6. The third kappa shape index (κ3) is 5.40. The Balaban J connectivity index is 1.63. The first-order valence-electron chi connectivity index (χ1n) is 11.1. The number of amides is 1. The van der Waals surface area contributed by atoms with Gasteiger partial charge in [0.2, 0.25) is 5.91 Å². The van der Waals surface area contributed by atoms with Crippen LogP contribution in [0.3, 0.4) is 0 Å². The largest absolute Gasteiger partial charge is 0.497 e. The summed E-state index contributed by atoms with van der Waals surface area (Å²) in [4.78, 5) is 13.1. The zero-order valence-corrected chi connectivity index (χ0v) is 20.5. The van der Waals surface area contributed by atoms with Crippen molar-refractivity contribution < 1.29 is 27.1 Å². The number of carbonyl (C=O) groups is 1. The highest BCUT2D eigenvalue weighted by Gasteiger charge is 2.36. The molecule has 3 aromatic carbocycles. The molecule has 0 bridgehead atoms. The number of anilines is 1. The topological polar surface area (TPSA) is 84.9 Å². The summed E-state index contributed by atoms with van der Waals surface area (Å²) in [6, 6.07) is 17.8. The lowest BCUT2D eigenvalue weighted by atomic mass is 9.89. The quantitative estimate of drug-likeness (QED) is 0.520. The average Bonchev–Trinajstić information content (AvgIpc) is 2.82. The molecular formula is C26H27FN2O5S. The normalized spacial score (nSPS) is 16.5. The van der Waals surface area contributed by atoms with Gasteiger partial charge in [0.15, 0.2) is 0 Å². The second-order valence-electron chi connectivity index (χ2n) is 8.89. The summed E-state index contributed by atoms with van der Waals surface area (Å²) in [6.07, 6.45) is 0.494. The first-order valence-corrected chi connectivity index (χ1v) is 12.5. The number of sulfonamides is 1.